The molecule has 1 saturated heterocycles. The van der Waals surface area contributed by atoms with Crippen LogP contribution >= 0.6 is 0 Å². The minimum absolute atomic E-state index is 0.0530. The summed E-state index contributed by atoms with van der Waals surface area (Å²) in [6.07, 6.45) is -2.92. The number of halogens is 3. The van der Waals surface area contributed by atoms with Crippen LogP contribution in [-0.2, 0) is 12.7 Å². The number of nitrogens with zero attached hydrogens (tertiary/aromatic N) is 1. The van der Waals surface area contributed by atoms with Gasteiger partial charge in [-0.05, 0) is 36.6 Å². The summed E-state index contributed by atoms with van der Waals surface area (Å²) < 4.78 is 50.9. The van der Waals surface area contributed by atoms with Gasteiger partial charge in [0.05, 0.1) is 12.2 Å². The molecule has 2 aromatic rings. The van der Waals surface area contributed by atoms with E-state index in [9.17, 15) is 13.2 Å². The van der Waals surface area contributed by atoms with Crippen molar-refractivity contribution in [2.24, 2.45) is 5.92 Å². The molecular formula is C23H28F3NO2. The van der Waals surface area contributed by atoms with Crippen LogP contribution in [0, 0.1) is 5.92 Å². The average Bonchev–Trinajstić information content (AvgIpc) is 2.69. The Hall–Kier alpha value is -2.21. The normalized spacial score (nSPS) is 20.4. The Morgan fingerprint density at radius 3 is 2.48 bits per heavy atom. The van der Waals surface area contributed by atoms with Crippen molar-refractivity contribution in [3.05, 3.63) is 59.7 Å². The van der Waals surface area contributed by atoms with E-state index in [0.29, 0.717) is 18.8 Å². The summed E-state index contributed by atoms with van der Waals surface area (Å²) in [4.78, 5) is 2.39. The molecule has 0 unspecified atom stereocenters. The Labute approximate surface area is 170 Å². The van der Waals surface area contributed by atoms with Crippen LogP contribution in [0.4, 0.5) is 13.2 Å². The van der Waals surface area contributed by atoms with E-state index in [4.69, 9.17) is 9.47 Å². The van der Waals surface area contributed by atoms with Crippen molar-refractivity contribution < 1.29 is 22.6 Å². The second-order valence-corrected chi connectivity index (χ2v) is 7.65. The minimum Gasteiger partial charge on any atom is -0.490 e. The fourth-order valence-electron chi connectivity index (χ4n) is 3.64. The van der Waals surface area contributed by atoms with Crippen molar-refractivity contribution in [3.63, 3.8) is 0 Å². The van der Waals surface area contributed by atoms with Crippen LogP contribution < -0.4 is 9.47 Å². The molecule has 0 aromatic heterocycles. The van der Waals surface area contributed by atoms with Gasteiger partial charge >= 0.3 is 6.18 Å². The number of ether oxygens (including phenoxy) is 2. The standard InChI is InChI=1S/C23H28F3NO2/c1-3-13-28-22-14-19(23(24,25)26)9-10-21(22)29-20-11-12-27(15-17(20)2)16-18-7-5-4-6-8-18/h4-10,14,17,20H,3,11-13,15-16H2,1-2H3/t17-,20-/m0/s1. The van der Waals surface area contributed by atoms with Crippen molar-refractivity contribution >= 4 is 0 Å². The summed E-state index contributed by atoms with van der Waals surface area (Å²) in [5.41, 5.74) is 0.554. The van der Waals surface area contributed by atoms with Gasteiger partial charge in [0, 0.05) is 25.6 Å². The molecule has 0 radical (unpaired) electrons. The first kappa shape index (κ1) is 21.5. The molecule has 1 heterocycles. The van der Waals surface area contributed by atoms with Gasteiger partial charge in [0.1, 0.15) is 6.10 Å². The van der Waals surface area contributed by atoms with Gasteiger partial charge in [0.2, 0.25) is 0 Å². The van der Waals surface area contributed by atoms with Gasteiger partial charge in [0.15, 0.2) is 11.5 Å². The SMILES string of the molecule is CCCOc1cc(C(F)(F)F)ccc1O[C@H]1CCN(Cc2ccccc2)C[C@@H]1C. The molecule has 0 amide bonds. The molecule has 158 valence electrons. The molecule has 2 aromatic carbocycles. The van der Waals surface area contributed by atoms with Crippen LogP contribution in [0.15, 0.2) is 48.5 Å². The van der Waals surface area contributed by atoms with Crippen LogP contribution in [0.25, 0.3) is 0 Å². The molecule has 29 heavy (non-hydrogen) atoms. The fraction of sp³-hybridized carbons (Fsp3) is 0.478. The largest absolute Gasteiger partial charge is 0.490 e. The number of piperidine rings is 1. The van der Waals surface area contributed by atoms with E-state index < -0.39 is 11.7 Å². The molecule has 0 bridgehead atoms. The van der Waals surface area contributed by atoms with E-state index in [0.717, 1.165) is 38.2 Å². The van der Waals surface area contributed by atoms with E-state index in [1.807, 2.05) is 25.1 Å². The number of alkyl halides is 3. The van der Waals surface area contributed by atoms with Crippen LogP contribution in [0.3, 0.4) is 0 Å². The molecule has 1 fully saturated rings. The third-order valence-corrected chi connectivity index (χ3v) is 5.17. The Kier molecular flexibility index (Phi) is 7.06. The maximum atomic E-state index is 13.1. The Bertz CT molecular complexity index is 779. The van der Waals surface area contributed by atoms with Crippen molar-refractivity contribution in [3.8, 4) is 11.5 Å². The van der Waals surface area contributed by atoms with Crippen LogP contribution in [0.5, 0.6) is 11.5 Å². The van der Waals surface area contributed by atoms with Crippen LogP contribution in [-0.4, -0.2) is 30.7 Å². The lowest BCUT2D eigenvalue weighted by Gasteiger charge is -2.37. The minimum atomic E-state index is -4.40. The zero-order chi connectivity index (χ0) is 20.9. The summed E-state index contributed by atoms with van der Waals surface area (Å²) in [6, 6.07) is 13.8. The number of hydrogen-bond donors (Lipinski definition) is 0. The van der Waals surface area contributed by atoms with Crippen molar-refractivity contribution in [2.75, 3.05) is 19.7 Å². The first-order chi connectivity index (χ1) is 13.9. The van der Waals surface area contributed by atoms with Gasteiger partial charge < -0.3 is 9.47 Å². The zero-order valence-corrected chi connectivity index (χ0v) is 16.9. The fourth-order valence-corrected chi connectivity index (χ4v) is 3.64. The molecule has 0 aliphatic carbocycles. The smallest absolute Gasteiger partial charge is 0.416 e. The highest BCUT2D eigenvalue weighted by molar-refractivity contribution is 5.44. The monoisotopic (exact) mass is 407 g/mol. The molecule has 1 aliphatic rings. The first-order valence-corrected chi connectivity index (χ1v) is 10.1. The second-order valence-electron chi connectivity index (χ2n) is 7.65. The van der Waals surface area contributed by atoms with E-state index >= 15 is 0 Å². The predicted molar refractivity (Wildman–Crippen MR) is 107 cm³/mol. The Balaban J connectivity index is 1.66. The summed E-state index contributed by atoms with van der Waals surface area (Å²) in [7, 11) is 0. The van der Waals surface area contributed by atoms with Crippen molar-refractivity contribution in [2.45, 2.75) is 45.5 Å². The number of rotatable bonds is 7. The summed E-state index contributed by atoms with van der Waals surface area (Å²) >= 11 is 0. The highest BCUT2D eigenvalue weighted by Crippen LogP contribution is 2.38. The van der Waals surface area contributed by atoms with Gasteiger partial charge in [0.25, 0.3) is 0 Å². The van der Waals surface area contributed by atoms with Gasteiger partial charge in [-0.1, -0.05) is 44.2 Å². The number of likely N-dealkylation sites (tertiary alicyclic amines) is 1. The molecular weight excluding hydrogens is 379 g/mol. The van der Waals surface area contributed by atoms with Gasteiger partial charge in [-0.3, -0.25) is 4.90 Å². The van der Waals surface area contributed by atoms with Gasteiger partial charge in [-0.25, -0.2) is 0 Å². The van der Waals surface area contributed by atoms with Crippen molar-refractivity contribution in [1.29, 1.82) is 0 Å². The highest BCUT2D eigenvalue weighted by atomic mass is 19.4. The van der Waals surface area contributed by atoms with Crippen LogP contribution in [0.1, 0.15) is 37.8 Å². The number of hydrogen-bond acceptors (Lipinski definition) is 3. The lowest BCUT2D eigenvalue weighted by molar-refractivity contribution is -0.137. The maximum absolute atomic E-state index is 13.1. The molecule has 0 saturated carbocycles. The maximum Gasteiger partial charge on any atom is 0.416 e. The Morgan fingerprint density at radius 1 is 1.07 bits per heavy atom. The molecule has 3 nitrogen and oxygen atoms in total. The second kappa shape index (κ2) is 9.53. The topological polar surface area (TPSA) is 21.7 Å². The lowest BCUT2D eigenvalue weighted by atomic mass is 9.96. The molecule has 6 heteroatoms. The zero-order valence-electron chi connectivity index (χ0n) is 16.9. The summed E-state index contributed by atoms with van der Waals surface area (Å²) in [6.45, 7) is 7.05. The highest BCUT2D eigenvalue weighted by Gasteiger charge is 2.33. The van der Waals surface area contributed by atoms with E-state index in [-0.39, 0.29) is 17.8 Å². The third kappa shape index (κ3) is 5.89. The molecule has 0 N–H and O–H groups in total. The number of benzene rings is 2. The quantitative estimate of drug-likeness (QED) is 0.580. The predicted octanol–water partition coefficient (Wildman–Crippen LogP) is 5.78. The van der Waals surface area contributed by atoms with E-state index in [1.165, 1.54) is 11.6 Å². The average molecular weight is 407 g/mol. The Morgan fingerprint density at radius 2 is 1.83 bits per heavy atom. The third-order valence-electron chi connectivity index (χ3n) is 5.17. The van der Waals surface area contributed by atoms with Gasteiger partial charge in [-0.15, -0.1) is 0 Å². The van der Waals surface area contributed by atoms with Crippen molar-refractivity contribution in [1.82, 2.24) is 4.90 Å². The van der Waals surface area contributed by atoms with Gasteiger partial charge in [-0.2, -0.15) is 13.2 Å². The van der Waals surface area contributed by atoms with E-state index in [2.05, 4.69) is 24.0 Å². The molecule has 1 aliphatic heterocycles. The molecule has 3 rings (SSSR count). The van der Waals surface area contributed by atoms with E-state index in [1.54, 1.807) is 0 Å². The molecule has 2 atom stereocenters. The molecule has 0 spiro atoms. The lowest BCUT2D eigenvalue weighted by Crippen LogP contribution is -2.44. The van der Waals surface area contributed by atoms with Crippen LogP contribution in [0.2, 0.25) is 0 Å². The summed E-state index contributed by atoms with van der Waals surface area (Å²) in [5, 5.41) is 0. The first-order valence-electron chi connectivity index (χ1n) is 10.1. The summed E-state index contributed by atoms with van der Waals surface area (Å²) in [5.74, 6) is 0.814.